The maximum atomic E-state index is 11.0. The molecular weight excluding hydrogens is 258 g/mol. The Morgan fingerprint density at radius 2 is 1.95 bits per heavy atom. The third kappa shape index (κ3) is 2.17. The third-order valence-electron chi connectivity index (χ3n) is 4.98. The van der Waals surface area contributed by atoms with Gasteiger partial charge in [0, 0.05) is 13.6 Å². The monoisotopic (exact) mass is 279 g/mol. The molecule has 20 heavy (non-hydrogen) atoms. The molecule has 0 radical (unpaired) electrons. The Morgan fingerprint density at radius 1 is 1.35 bits per heavy atom. The van der Waals surface area contributed by atoms with Crippen molar-refractivity contribution in [3.63, 3.8) is 0 Å². The van der Waals surface area contributed by atoms with Gasteiger partial charge in [0.1, 0.15) is 6.20 Å². The summed E-state index contributed by atoms with van der Waals surface area (Å²) in [5, 5.41) is 16.9. The number of anilines is 2. The SMILES string of the molecule is CNc1ncc([N+](=O)[O-])c(NCC2C(C)(C)C2(C)C)n1. The minimum atomic E-state index is -0.467. The van der Waals surface area contributed by atoms with Gasteiger partial charge < -0.3 is 10.6 Å². The lowest BCUT2D eigenvalue weighted by atomic mass is 10.0. The van der Waals surface area contributed by atoms with Crippen LogP contribution in [-0.2, 0) is 0 Å². The average molecular weight is 279 g/mol. The highest BCUT2D eigenvalue weighted by Crippen LogP contribution is 2.68. The van der Waals surface area contributed by atoms with Gasteiger partial charge in [0.2, 0.25) is 11.8 Å². The summed E-state index contributed by atoms with van der Waals surface area (Å²) in [5.74, 6) is 1.10. The molecule has 0 unspecified atom stereocenters. The van der Waals surface area contributed by atoms with E-state index >= 15 is 0 Å². The molecule has 1 saturated carbocycles. The van der Waals surface area contributed by atoms with Gasteiger partial charge in [-0.2, -0.15) is 4.98 Å². The first-order valence-electron chi connectivity index (χ1n) is 6.65. The molecule has 7 heteroatoms. The Morgan fingerprint density at radius 3 is 2.40 bits per heavy atom. The minimum Gasteiger partial charge on any atom is -0.364 e. The predicted molar refractivity (Wildman–Crippen MR) is 77.8 cm³/mol. The second-order valence-corrected chi connectivity index (χ2v) is 6.31. The van der Waals surface area contributed by atoms with Gasteiger partial charge in [-0.1, -0.05) is 27.7 Å². The first-order valence-corrected chi connectivity index (χ1v) is 6.65. The predicted octanol–water partition coefficient (Wildman–Crippen LogP) is 2.52. The number of rotatable bonds is 5. The molecule has 1 aromatic rings. The lowest BCUT2D eigenvalue weighted by Crippen LogP contribution is -2.12. The van der Waals surface area contributed by atoms with Crippen molar-refractivity contribution < 1.29 is 4.92 Å². The quantitative estimate of drug-likeness (QED) is 0.635. The molecule has 0 aliphatic heterocycles. The molecule has 1 aromatic heterocycles. The molecule has 1 aliphatic rings. The molecule has 0 atom stereocenters. The van der Waals surface area contributed by atoms with Crippen molar-refractivity contribution >= 4 is 17.5 Å². The van der Waals surface area contributed by atoms with Gasteiger partial charge in [0.05, 0.1) is 4.92 Å². The van der Waals surface area contributed by atoms with Crippen molar-refractivity contribution in [1.29, 1.82) is 0 Å². The molecule has 0 aromatic carbocycles. The Hall–Kier alpha value is -1.92. The first kappa shape index (κ1) is 14.5. The lowest BCUT2D eigenvalue weighted by molar-refractivity contribution is -0.384. The molecule has 0 bridgehead atoms. The zero-order valence-corrected chi connectivity index (χ0v) is 12.5. The normalized spacial score (nSPS) is 19.4. The van der Waals surface area contributed by atoms with E-state index in [2.05, 4.69) is 48.3 Å². The fourth-order valence-corrected chi connectivity index (χ4v) is 2.80. The molecule has 7 nitrogen and oxygen atoms in total. The highest BCUT2D eigenvalue weighted by Gasteiger charge is 2.64. The van der Waals surface area contributed by atoms with E-state index in [9.17, 15) is 10.1 Å². The largest absolute Gasteiger partial charge is 0.364 e. The molecule has 0 saturated heterocycles. The number of nitro groups is 1. The van der Waals surface area contributed by atoms with Gasteiger partial charge in [-0.05, 0) is 16.7 Å². The number of nitrogens with zero attached hydrogens (tertiary/aromatic N) is 3. The summed E-state index contributed by atoms with van der Waals surface area (Å²) in [4.78, 5) is 18.5. The van der Waals surface area contributed by atoms with Gasteiger partial charge >= 0.3 is 5.69 Å². The second kappa shape index (κ2) is 4.57. The van der Waals surface area contributed by atoms with Crippen LogP contribution in [0.5, 0.6) is 0 Å². The van der Waals surface area contributed by atoms with Gasteiger partial charge in [0.25, 0.3) is 0 Å². The van der Waals surface area contributed by atoms with Gasteiger partial charge in [0.15, 0.2) is 0 Å². The Labute approximate surface area is 118 Å². The van der Waals surface area contributed by atoms with E-state index in [0.29, 0.717) is 18.4 Å². The van der Waals surface area contributed by atoms with Crippen molar-refractivity contribution in [3.8, 4) is 0 Å². The second-order valence-electron chi connectivity index (χ2n) is 6.31. The molecule has 110 valence electrons. The van der Waals surface area contributed by atoms with E-state index in [1.807, 2.05) is 0 Å². The van der Waals surface area contributed by atoms with Gasteiger partial charge in [-0.3, -0.25) is 10.1 Å². The molecule has 1 aliphatic carbocycles. The molecule has 0 spiro atoms. The summed E-state index contributed by atoms with van der Waals surface area (Å²) in [6, 6.07) is 0. The summed E-state index contributed by atoms with van der Waals surface area (Å²) in [7, 11) is 1.68. The summed E-state index contributed by atoms with van der Waals surface area (Å²) in [6.45, 7) is 9.53. The van der Waals surface area contributed by atoms with Crippen LogP contribution in [0.3, 0.4) is 0 Å². The van der Waals surface area contributed by atoms with Crippen molar-refractivity contribution in [2.75, 3.05) is 24.2 Å². The van der Waals surface area contributed by atoms with E-state index in [1.54, 1.807) is 7.05 Å². The van der Waals surface area contributed by atoms with E-state index in [4.69, 9.17) is 0 Å². The lowest BCUT2D eigenvalue weighted by Gasteiger charge is -2.08. The molecule has 1 fully saturated rings. The highest BCUT2D eigenvalue weighted by molar-refractivity contribution is 5.57. The summed E-state index contributed by atoms with van der Waals surface area (Å²) in [5.41, 5.74) is 0.363. The maximum absolute atomic E-state index is 11.0. The number of hydrogen-bond donors (Lipinski definition) is 2. The number of hydrogen-bond acceptors (Lipinski definition) is 6. The van der Waals surface area contributed by atoms with Crippen LogP contribution in [-0.4, -0.2) is 28.5 Å². The summed E-state index contributed by atoms with van der Waals surface area (Å²) >= 11 is 0. The van der Waals surface area contributed by atoms with Gasteiger partial charge in [-0.25, -0.2) is 4.98 Å². The smallest absolute Gasteiger partial charge is 0.329 e. The average Bonchev–Trinajstić information content (AvgIpc) is 2.76. The van der Waals surface area contributed by atoms with Crippen molar-refractivity contribution in [3.05, 3.63) is 16.3 Å². The zero-order valence-electron chi connectivity index (χ0n) is 12.5. The fourth-order valence-electron chi connectivity index (χ4n) is 2.80. The Bertz CT molecular complexity index is 528. The highest BCUT2D eigenvalue weighted by atomic mass is 16.6. The fraction of sp³-hybridized carbons (Fsp3) is 0.692. The van der Waals surface area contributed by atoms with Crippen LogP contribution < -0.4 is 10.6 Å². The van der Waals surface area contributed by atoms with Crippen LogP contribution >= 0.6 is 0 Å². The van der Waals surface area contributed by atoms with Crippen LogP contribution in [0.4, 0.5) is 17.5 Å². The van der Waals surface area contributed by atoms with E-state index in [-0.39, 0.29) is 22.3 Å². The Kier molecular flexibility index (Phi) is 3.31. The molecule has 0 amide bonds. The Balaban J connectivity index is 2.15. The van der Waals surface area contributed by atoms with Gasteiger partial charge in [-0.15, -0.1) is 0 Å². The molecule has 1 heterocycles. The number of aromatic nitrogens is 2. The summed E-state index contributed by atoms with van der Waals surface area (Å²) in [6.07, 6.45) is 1.23. The standard InChI is InChI=1S/C13H21N5O2/c1-12(2)9(13(12,3)4)7-15-10-8(18(19)20)6-16-11(14-5)17-10/h6,9H,7H2,1-5H3,(H2,14,15,16,17). The molecule has 2 N–H and O–H groups in total. The van der Waals surface area contributed by atoms with Crippen LogP contribution in [0.1, 0.15) is 27.7 Å². The summed E-state index contributed by atoms with van der Waals surface area (Å²) < 4.78 is 0. The van der Waals surface area contributed by atoms with Crippen molar-refractivity contribution in [2.24, 2.45) is 16.7 Å². The zero-order chi connectivity index (χ0) is 15.1. The first-order chi connectivity index (χ1) is 9.21. The van der Waals surface area contributed by atoms with E-state index in [1.165, 1.54) is 6.20 Å². The van der Waals surface area contributed by atoms with E-state index in [0.717, 1.165) is 0 Å². The van der Waals surface area contributed by atoms with Crippen molar-refractivity contribution in [2.45, 2.75) is 27.7 Å². The molecule has 2 rings (SSSR count). The maximum Gasteiger partial charge on any atom is 0.329 e. The topological polar surface area (TPSA) is 93.0 Å². The van der Waals surface area contributed by atoms with Crippen molar-refractivity contribution in [1.82, 2.24) is 9.97 Å². The third-order valence-corrected chi connectivity index (χ3v) is 4.98. The minimum absolute atomic E-state index is 0.0970. The van der Waals surface area contributed by atoms with Crippen LogP contribution in [0.15, 0.2) is 6.20 Å². The number of nitrogens with one attached hydrogen (secondary N) is 2. The van der Waals surface area contributed by atoms with Crippen LogP contribution in [0.25, 0.3) is 0 Å². The van der Waals surface area contributed by atoms with Crippen LogP contribution in [0, 0.1) is 26.9 Å². The van der Waals surface area contributed by atoms with Crippen LogP contribution in [0.2, 0.25) is 0 Å². The van der Waals surface area contributed by atoms with E-state index < -0.39 is 4.92 Å². The molecular formula is C13H21N5O2.